The van der Waals surface area contributed by atoms with Crippen LogP contribution in [-0.2, 0) is 4.79 Å². The first-order valence-electron chi connectivity index (χ1n) is 7.89. The van der Waals surface area contributed by atoms with Gasteiger partial charge in [-0.3, -0.25) is 9.59 Å². The fourth-order valence-electron chi connectivity index (χ4n) is 2.37. The van der Waals surface area contributed by atoms with Gasteiger partial charge in [0, 0.05) is 5.56 Å². The normalized spacial score (nSPS) is 10.9. The van der Waals surface area contributed by atoms with E-state index < -0.39 is 5.91 Å². The molecule has 130 valence electrons. The van der Waals surface area contributed by atoms with Crippen LogP contribution in [0, 0.1) is 13.8 Å². The van der Waals surface area contributed by atoms with Gasteiger partial charge in [-0.05, 0) is 31.8 Å². The lowest BCUT2D eigenvalue weighted by Gasteiger charge is -2.17. The van der Waals surface area contributed by atoms with Crippen LogP contribution >= 0.6 is 0 Å². The van der Waals surface area contributed by atoms with Crippen molar-refractivity contribution in [2.24, 2.45) is 0 Å². The Hall–Kier alpha value is -2.71. The van der Waals surface area contributed by atoms with Crippen LogP contribution in [0.1, 0.15) is 54.5 Å². The van der Waals surface area contributed by atoms with Crippen LogP contribution in [-0.4, -0.2) is 38.5 Å². The van der Waals surface area contributed by atoms with E-state index in [0.717, 1.165) is 18.4 Å². The zero-order chi connectivity index (χ0) is 17.7. The van der Waals surface area contributed by atoms with Gasteiger partial charge in [0.25, 0.3) is 5.91 Å². The maximum Gasteiger partial charge on any atom is 0.275 e. The van der Waals surface area contributed by atoms with Gasteiger partial charge in [0.15, 0.2) is 5.69 Å². The van der Waals surface area contributed by atoms with Crippen molar-refractivity contribution in [2.75, 3.05) is 11.9 Å². The maximum atomic E-state index is 12.1. The Morgan fingerprint density at radius 1 is 1.25 bits per heavy atom. The number of hydrogen-bond acceptors (Lipinski definition) is 6. The Labute approximate surface area is 139 Å². The van der Waals surface area contributed by atoms with Gasteiger partial charge in [-0.2, -0.15) is 5.10 Å². The number of carbonyl (C=O) groups is 2. The SMILES string of the molecule is CCC(CC)n1ncc(C)c1NC(=O)CNC(=O)c1nonc1C. The summed E-state index contributed by atoms with van der Waals surface area (Å²) in [4.78, 5) is 24.0. The van der Waals surface area contributed by atoms with E-state index in [9.17, 15) is 9.59 Å². The quantitative estimate of drug-likeness (QED) is 0.795. The zero-order valence-electron chi connectivity index (χ0n) is 14.3. The second-order valence-electron chi connectivity index (χ2n) is 5.52. The number of nitrogens with one attached hydrogen (secondary N) is 2. The Morgan fingerprint density at radius 3 is 2.54 bits per heavy atom. The molecule has 0 bridgehead atoms. The fourth-order valence-corrected chi connectivity index (χ4v) is 2.37. The minimum Gasteiger partial charge on any atom is -0.341 e. The summed E-state index contributed by atoms with van der Waals surface area (Å²) < 4.78 is 6.29. The first-order chi connectivity index (χ1) is 11.5. The first kappa shape index (κ1) is 17.6. The molecule has 0 spiro atoms. The number of rotatable bonds is 7. The minimum atomic E-state index is -0.505. The lowest BCUT2D eigenvalue weighted by Crippen LogP contribution is -2.34. The highest BCUT2D eigenvalue weighted by atomic mass is 16.6. The van der Waals surface area contributed by atoms with Gasteiger partial charge < -0.3 is 10.6 Å². The van der Waals surface area contributed by atoms with Crippen LogP contribution in [0.2, 0.25) is 0 Å². The molecular weight excluding hydrogens is 312 g/mol. The molecule has 0 saturated carbocycles. The van der Waals surface area contributed by atoms with Gasteiger partial charge in [0.2, 0.25) is 5.91 Å². The van der Waals surface area contributed by atoms with Gasteiger partial charge in [-0.15, -0.1) is 0 Å². The van der Waals surface area contributed by atoms with Crippen molar-refractivity contribution in [1.82, 2.24) is 25.4 Å². The number of nitrogens with zero attached hydrogens (tertiary/aromatic N) is 4. The lowest BCUT2D eigenvalue weighted by atomic mass is 10.2. The van der Waals surface area contributed by atoms with Crippen molar-refractivity contribution in [3.05, 3.63) is 23.1 Å². The molecule has 9 nitrogen and oxygen atoms in total. The molecule has 0 saturated heterocycles. The molecule has 0 aromatic carbocycles. The number of anilines is 1. The highest BCUT2D eigenvalue weighted by Crippen LogP contribution is 2.23. The van der Waals surface area contributed by atoms with Crippen LogP contribution in [0.4, 0.5) is 5.82 Å². The zero-order valence-corrected chi connectivity index (χ0v) is 14.3. The van der Waals surface area contributed by atoms with Crippen molar-refractivity contribution in [3.8, 4) is 0 Å². The molecule has 2 aromatic heterocycles. The predicted octanol–water partition coefficient (Wildman–Crippen LogP) is 1.61. The topological polar surface area (TPSA) is 115 Å². The van der Waals surface area contributed by atoms with E-state index in [1.165, 1.54) is 0 Å². The van der Waals surface area contributed by atoms with Crippen LogP contribution in [0.25, 0.3) is 0 Å². The van der Waals surface area contributed by atoms with E-state index in [-0.39, 0.29) is 24.2 Å². The van der Waals surface area contributed by atoms with E-state index in [4.69, 9.17) is 0 Å². The lowest BCUT2D eigenvalue weighted by molar-refractivity contribution is -0.115. The summed E-state index contributed by atoms with van der Waals surface area (Å²) in [6.07, 6.45) is 3.54. The number of aryl methyl sites for hydroxylation is 2. The third kappa shape index (κ3) is 3.79. The third-order valence-electron chi connectivity index (χ3n) is 3.80. The number of amides is 2. The second-order valence-corrected chi connectivity index (χ2v) is 5.52. The molecule has 0 atom stereocenters. The Balaban J connectivity index is 1.99. The molecule has 0 aliphatic rings. The largest absolute Gasteiger partial charge is 0.341 e. The molecule has 0 fully saturated rings. The summed E-state index contributed by atoms with van der Waals surface area (Å²) in [5, 5.41) is 16.7. The molecule has 0 aliphatic heterocycles. The summed E-state index contributed by atoms with van der Waals surface area (Å²) in [5.74, 6) is -0.190. The Kier molecular flexibility index (Phi) is 5.67. The Bertz CT molecular complexity index is 717. The van der Waals surface area contributed by atoms with Gasteiger partial charge in [-0.1, -0.05) is 19.0 Å². The van der Waals surface area contributed by atoms with Crippen molar-refractivity contribution in [1.29, 1.82) is 0 Å². The maximum absolute atomic E-state index is 12.1. The smallest absolute Gasteiger partial charge is 0.275 e. The number of carbonyl (C=O) groups excluding carboxylic acids is 2. The standard InChI is InChI=1S/C15H22N6O3/c1-5-11(6-2)21-14(9(3)7-17-21)18-12(22)8-16-15(23)13-10(4)19-24-20-13/h7,11H,5-6,8H2,1-4H3,(H,16,23)(H,18,22). The van der Waals surface area contributed by atoms with E-state index >= 15 is 0 Å². The molecule has 2 amide bonds. The van der Waals surface area contributed by atoms with Gasteiger partial charge >= 0.3 is 0 Å². The molecular formula is C15H22N6O3. The van der Waals surface area contributed by atoms with Crippen molar-refractivity contribution >= 4 is 17.6 Å². The van der Waals surface area contributed by atoms with E-state index in [2.05, 4.69) is 44.5 Å². The van der Waals surface area contributed by atoms with E-state index in [1.807, 2.05) is 11.6 Å². The Morgan fingerprint density at radius 2 is 1.96 bits per heavy atom. The second kappa shape index (κ2) is 7.71. The first-order valence-corrected chi connectivity index (χ1v) is 7.89. The molecule has 0 radical (unpaired) electrons. The van der Waals surface area contributed by atoms with Crippen molar-refractivity contribution in [2.45, 2.75) is 46.6 Å². The van der Waals surface area contributed by atoms with Gasteiger partial charge in [0.05, 0.1) is 18.8 Å². The van der Waals surface area contributed by atoms with Crippen LogP contribution < -0.4 is 10.6 Å². The summed E-state index contributed by atoms with van der Waals surface area (Å²) in [6.45, 7) is 7.45. The van der Waals surface area contributed by atoms with Crippen LogP contribution in [0.5, 0.6) is 0 Å². The highest BCUT2D eigenvalue weighted by Gasteiger charge is 2.18. The third-order valence-corrected chi connectivity index (χ3v) is 3.80. The van der Waals surface area contributed by atoms with E-state index in [1.54, 1.807) is 13.1 Å². The summed E-state index contributed by atoms with van der Waals surface area (Å²) >= 11 is 0. The monoisotopic (exact) mass is 334 g/mol. The van der Waals surface area contributed by atoms with Crippen LogP contribution in [0.3, 0.4) is 0 Å². The minimum absolute atomic E-state index is 0.0704. The van der Waals surface area contributed by atoms with Gasteiger partial charge in [-0.25, -0.2) is 9.31 Å². The summed E-state index contributed by atoms with van der Waals surface area (Å²) in [5.41, 5.74) is 1.31. The van der Waals surface area contributed by atoms with Crippen molar-refractivity contribution < 1.29 is 14.2 Å². The van der Waals surface area contributed by atoms with E-state index in [0.29, 0.717) is 11.5 Å². The molecule has 2 N–H and O–H groups in total. The highest BCUT2D eigenvalue weighted by molar-refractivity contribution is 5.98. The molecule has 0 unspecified atom stereocenters. The average molecular weight is 334 g/mol. The van der Waals surface area contributed by atoms with Crippen molar-refractivity contribution in [3.63, 3.8) is 0 Å². The average Bonchev–Trinajstić information content (AvgIpc) is 3.14. The van der Waals surface area contributed by atoms with Gasteiger partial charge in [0.1, 0.15) is 11.5 Å². The molecule has 0 aliphatic carbocycles. The molecule has 2 heterocycles. The van der Waals surface area contributed by atoms with Crippen LogP contribution in [0.15, 0.2) is 10.8 Å². The summed E-state index contributed by atoms with van der Waals surface area (Å²) in [7, 11) is 0. The molecule has 9 heteroatoms. The fraction of sp³-hybridized carbons (Fsp3) is 0.533. The number of aromatic nitrogens is 4. The predicted molar refractivity (Wildman–Crippen MR) is 86.6 cm³/mol. The number of hydrogen-bond donors (Lipinski definition) is 2. The molecule has 2 aromatic rings. The molecule has 24 heavy (non-hydrogen) atoms. The molecule has 2 rings (SSSR count). The summed E-state index contributed by atoms with van der Waals surface area (Å²) in [6, 6.07) is 0.215.